The van der Waals surface area contributed by atoms with Crippen molar-refractivity contribution in [3.63, 3.8) is 0 Å². The standard InChI is InChI=1S/C17H21NO3S2/c1-14-4-6-17(7-5-14)23(19,20)18(13-16-3-2-12-22-16)15-8-10-21-11-9-15/h2-7,12,15H,8-11,13H2,1H3. The average Bonchev–Trinajstić information content (AvgIpc) is 3.07. The lowest BCUT2D eigenvalue weighted by molar-refractivity contribution is 0.0571. The van der Waals surface area contributed by atoms with Crippen molar-refractivity contribution in [2.24, 2.45) is 0 Å². The quantitative estimate of drug-likeness (QED) is 0.829. The molecule has 0 N–H and O–H groups in total. The molecule has 0 radical (unpaired) electrons. The lowest BCUT2D eigenvalue weighted by Gasteiger charge is -2.33. The normalized spacial score (nSPS) is 16.8. The molecule has 1 aliphatic heterocycles. The molecule has 2 aromatic rings. The van der Waals surface area contributed by atoms with E-state index < -0.39 is 10.0 Å². The van der Waals surface area contributed by atoms with Crippen molar-refractivity contribution >= 4 is 21.4 Å². The molecule has 0 unspecified atom stereocenters. The van der Waals surface area contributed by atoms with Gasteiger partial charge in [0.25, 0.3) is 0 Å². The Kier molecular flexibility index (Phi) is 5.16. The minimum Gasteiger partial charge on any atom is -0.381 e. The topological polar surface area (TPSA) is 46.6 Å². The van der Waals surface area contributed by atoms with Gasteiger partial charge in [-0.1, -0.05) is 23.8 Å². The second kappa shape index (κ2) is 7.13. The molecule has 1 saturated heterocycles. The number of ether oxygens (including phenoxy) is 1. The Morgan fingerprint density at radius 1 is 1.17 bits per heavy atom. The largest absolute Gasteiger partial charge is 0.381 e. The number of nitrogens with zero attached hydrogens (tertiary/aromatic N) is 1. The number of thiophene rings is 1. The SMILES string of the molecule is Cc1ccc(S(=O)(=O)N(Cc2cccs2)C2CCOCC2)cc1. The van der Waals surface area contributed by atoms with E-state index in [2.05, 4.69) is 0 Å². The van der Waals surface area contributed by atoms with Gasteiger partial charge in [0.05, 0.1) is 4.90 Å². The molecule has 1 aromatic carbocycles. The third-order valence-electron chi connectivity index (χ3n) is 4.12. The fourth-order valence-corrected chi connectivity index (χ4v) is 5.23. The van der Waals surface area contributed by atoms with Crippen LogP contribution in [0.1, 0.15) is 23.3 Å². The van der Waals surface area contributed by atoms with E-state index in [4.69, 9.17) is 4.74 Å². The summed E-state index contributed by atoms with van der Waals surface area (Å²) in [5.41, 5.74) is 1.06. The van der Waals surface area contributed by atoms with Gasteiger partial charge in [0, 0.05) is 30.7 Å². The van der Waals surface area contributed by atoms with Crippen LogP contribution in [0.4, 0.5) is 0 Å². The van der Waals surface area contributed by atoms with Crippen LogP contribution in [0.5, 0.6) is 0 Å². The van der Waals surface area contributed by atoms with Crippen LogP contribution in [0.25, 0.3) is 0 Å². The maximum Gasteiger partial charge on any atom is 0.243 e. The molecule has 0 aliphatic carbocycles. The zero-order valence-electron chi connectivity index (χ0n) is 13.1. The molecule has 0 bridgehead atoms. The van der Waals surface area contributed by atoms with Crippen LogP contribution in [-0.4, -0.2) is 32.0 Å². The van der Waals surface area contributed by atoms with Crippen molar-refractivity contribution in [2.45, 2.75) is 37.2 Å². The second-order valence-electron chi connectivity index (χ2n) is 5.79. The molecule has 2 heterocycles. The van der Waals surface area contributed by atoms with Crippen molar-refractivity contribution in [2.75, 3.05) is 13.2 Å². The number of hydrogen-bond acceptors (Lipinski definition) is 4. The van der Waals surface area contributed by atoms with Crippen molar-refractivity contribution in [1.82, 2.24) is 4.31 Å². The van der Waals surface area contributed by atoms with Crippen LogP contribution < -0.4 is 0 Å². The van der Waals surface area contributed by atoms with E-state index in [9.17, 15) is 8.42 Å². The van der Waals surface area contributed by atoms with Gasteiger partial charge in [0.15, 0.2) is 0 Å². The van der Waals surface area contributed by atoms with Gasteiger partial charge in [-0.05, 0) is 43.3 Å². The highest BCUT2D eigenvalue weighted by atomic mass is 32.2. The van der Waals surface area contributed by atoms with Crippen molar-refractivity contribution < 1.29 is 13.2 Å². The van der Waals surface area contributed by atoms with E-state index in [0.717, 1.165) is 23.3 Å². The summed E-state index contributed by atoms with van der Waals surface area (Å²) in [7, 11) is -3.51. The molecule has 1 fully saturated rings. The van der Waals surface area contributed by atoms with Crippen LogP contribution in [0.15, 0.2) is 46.7 Å². The average molecular weight is 351 g/mol. The van der Waals surface area contributed by atoms with E-state index in [0.29, 0.717) is 24.7 Å². The van der Waals surface area contributed by atoms with Gasteiger partial charge in [0.1, 0.15) is 0 Å². The molecule has 4 nitrogen and oxygen atoms in total. The molecule has 23 heavy (non-hydrogen) atoms. The first-order valence-electron chi connectivity index (χ1n) is 7.76. The molecule has 0 atom stereocenters. The van der Waals surface area contributed by atoms with Gasteiger partial charge < -0.3 is 4.74 Å². The molecular weight excluding hydrogens is 330 g/mol. The Hall–Kier alpha value is -1.21. The lowest BCUT2D eigenvalue weighted by atomic mass is 10.1. The summed E-state index contributed by atoms with van der Waals surface area (Å²) in [4.78, 5) is 1.43. The van der Waals surface area contributed by atoms with Crippen molar-refractivity contribution in [3.05, 3.63) is 52.2 Å². The van der Waals surface area contributed by atoms with Crippen molar-refractivity contribution in [3.8, 4) is 0 Å². The smallest absolute Gasteiger partial charge is 0.243 e. The van der Waals surface area contributed by atoms with Crippen molar-refractivity contribution in [1.29, 1.82) is 0 Å². The van der Waals surface area contributed by atoms with Gasteiger partial charge in [-0.3, -0.25) is 0 Å². The molecule has 6 heteroatoms. The molecule has 0 saturated carbocycles. The van der Waals surface area contributed by atoms with E-state index in [1.54, 1.807) is 27.8 Å². The van der Waals surface area contributed by atoms with Crippen LogP contribution in [0.3, 0.4) is 0 Å². The first-order chi connectivity index (χ1) is 11.1. The van der Waals surface area contributed by atoms with Crippen LogP contribution in [0, 0.1) is 6.92 Å². The number of hydrogen-bond donors (Lipinski definition) is 0. The van der Waals surface area contributed by atoms with Crippen LogP contribution in [0.2, 0.25) is 0 Å². The van der Waals surface area contributed by atoms with Gasteiger partial charge in [-0.2, -0.15) is 4.31 Å². The molecular formula is C17H21NO3S2. The first kappa shape index (κ1) is 16.6. The number of benzene rings is 1. The van der Waals surface area contributed by atoms with E-state index in [1.165, 1.54) is 0 Å². The second-order valence-corrected chi connectivity index (χ2v) is 8.71. The zero-order valence-corrected chi connectivity index (χ0v) is 14.8. The maximum absolute atomic E-state index is 13.2. The highest BCUT2D eigenvalue weighted by molar-refractivity contribution is 7.89. The Bertz CT molecular complexity index is 718. The van der Waals surface area contributed by atoms with Gasteiger partial charge in [-0.25, -0.2) is 8.42 Å². The third-order valence-corrected chi connectivity index (χ3v) is 6.89. The fourth-order valence-electron chi connectivity index (χ4n) is 2.79. The summed E-state index contributed by atoms with van der Waals surface area (Å²) in [5.74, 6) is 0. The molecule has 0 spiro atoms. The number of aryl methyl sites for hydroxylation is 1. The predicted octanol–water partition coefficient (Wildman–Crippen LogP) is 3.43. The first-order valence-corrected chi connectivity index (χ1v) is 10.1. The summed E-state index contributed by atoms with van der Waals surface area (Å²) in [6.45, 7) is 3.63. The summed E-state index contributed by atoms with van der Waals surface area (Å²) in [5, 5.41) is 1.98. The highest BCUT2D eigenvalue weighted by Crippen LogP contribution is 2.27. The lowest BCUT2D eigenvalue weighted by Crippen LogP contribution is -2.42. The minimum atomic E-state index is -3.51. The Morgan fingerprint density at radius 3 is 2.48 bits per heavy atom. The van der Waals surface area contributed by atoms with Gasteiger partial charge in [-0.15, -0.1) is 11.3 Å². The van der Waals surface area contributed by atoms with Crippen LogP contribution >= 0.6 is 11.3 Å². The number of sulfonamides is 1. The Morgan fingerprint density at radius 2 is 1.87 bits per heavy atom. The Labute approximate surface area is 141 Å². The number of rotatable bonds is 5. The zero-order chi connectivity index (χ0) is 16.3. The molecule has 1 aliphatic rings. The molecule has 3 rings (SSSR count). The summed E-state index contributed by atoms with van der Waals surface area (Å²) in [6, 6.07) is 11.0. The molecule has 0 amide bonds. The molecule has 124 valence electrons. The summed E-state index contributed by atoms with van der Waals surface area (Å²) >= 11 is 1.59. The minimum absolute atomic E-state index is 0.00264. The van der Waals surface area contributed by atoms with E-state index in [1.807, 2.05) is 36.6 Å². The third kappa shape index (κ3) is 3.83. The summed E-state index contributed by atoms with van der Waals surface area (Å²) < 4.78 is 33.4. The van der Waals surface area contributed by atoms with E-state index in [-0.39, 0.29) is 6.04 Å². The maximum atomic E-state index is 13.2. The highest BCUT2D eigenvalue weighted by Gasteiger charge is 2.32. The predicted molar refractivity (Wildman–Crippen MR) is 92.1 cm³/mol. The molecule has 1 aromatic heterocycles. The van der Waals surface area contributed by atoms with Crippen LogP contribution in [-0.2, 0) is 21.3 Å². The monoisotopic (exact) mass is 351 g/mol. The Balaban J connectivity index is 1.93. The van der Waals surface area contributed by atoms with E-state index >= 15 is 0 Å². The fraction of sp³-hybridized carbons (Fsp3) is 0.412. The van der Waals surface area contributed by atoms with Gasteiger partial charge in [0.2, 0.25) is 10.0 Å². The summed E-state index contributed by atoms with van der Waals surface area (Å²) in [6.07, 6.45) is 1.49. The van der Waals surface area contributed by atoms with Gasteiger partial charge >= 0.3 is 0 Å².